The molecule has 0 aromatic heterocycles. The molecule has 0 aromatic rings. The maximum Gasteiger partial charge on any atom is 0.229 e. The minimum atomic E-state index is -0.909. The van der Waals surface area contributed by atoms with Crippen LogP contribution in [0.3, 0.4) is 0 Å². The van der Waals surface area contributed by atoms with Crippen LogP contribution in [-0.4, -0.2) is 5.60 Å². The highest BCUT2D eigenvalue weighted by Crippen LogP contribution is 1.99. The molecule has 0 nitrogen and oxygen atoms in total. The molecule has 1 atom stereocenters. The van der Waals surface area contributed by atoms with Gasteiger partial charge >= 0.3 is 0 Å². The van der Waals surface area contributed by atoms with Crippen molar-refractivity contribution >= 4 is 38.5 Å². The monoisotopic (exact) mass is 232 g/mol. The van der Waals surface area contributed by atoms with Crippen molar-refractivity contribution in [1.82, 2.24) is 0 Å². The summed E-state index contributed by atoms with van der Waals surface area (Å²) in [7, 11) is 0. The van der Waals surface area contributed by atoms with Crippen LogP contribution in [0.25, 0.3) is 0 Å². The van der Waals surface area contributed by atoms with Crippen LogP contribution in [0, 0.1) is 0 Å². The Hall–Kier alpha value is 0.977. The molecule has 3 heteroatoms. The molecule has 0 spiro atoms. The molecular weight excluding hydrogens is 226 g/mol. The third-order valence-corrected chi connectivity index (χ3v) is 2.70. The van der Waals surface area contributed by atoms with Crippen LogP contribution < -0.4 is 0 Å². The van der Waals surface area contributed by atoms with Crippen LogP contribution in [0.5, 0.6) is 0 Å². The number of hydrogen-bond donors (Lipinski definition) is 0. The Kier molecular flexibility index (Phi) is 4.82. The first-order valence-electron chi connectivity index (χ1n) is 1.68. The minimum Gasteiger partial charge on any atom is -0.152 e. The van der Waals surface area contributed by atoms with Crippen molar-refractivity contribution in [2.45, 2.75) is 6.92 Å². The molecule has 36 valence electrons. The Morgan fingerprint density at radius 3 is 2.33 bits per heavy atom. The number of rotatable bonds is 1. The van der Waals surface area contributed by atoms with E-state index in [1.165, 1.54) is 0 Å². The van der Waals surface area contributed by atoms with E-state index in [4.69, 9.17) is 11.1 Å². The molecule has 0 rings (SSSR count). The highest BCUT2D eigenvalue weighted by atomic mass is 127. The summed E-state index contributed by atoms with van der Waals surface area (Å²) >= 11 is 7.88. The molecule has 0 saturated heterocycles. The Morgan fingerprint density at radius 1 is 1.83 bits per heavy atom. The van der Waals surface area contributed by atoms with Gasteiger partial charge in [0.1, 0.15) is 0 Å². The van der Waals surface area contributed by atoms with Gasteiger partial charge in [0.2, 0.25) is 5.60 Å². The Labute approximate surface area is 57.1 Å². The van der Waals surface area contributed by atoms with E-state index in [-0.39, 0.29) is 0 Å². The Bertz CT molecular complexity index is 52.8. The number of hydrogen-bond acceptors (Lipinski definition) is 0. The molecule has 0 bridgehead atoms. The second-order valence-corrected chi connectivity index (χ2v) is 9.56. The smallest absolute Gasteiger partial charge is 0.152 e. The summed E-state index contributed by atoms with van der Waals surface area (Å²) in [5.41, 5.74) is 1.15. The van der Waals surface area contributed by atoms with Gasteiger partial charge in [-0.2, -0.15) is 11.1 Å². The molecule has 6 heavy (non-hydrogen) atoms. The summed E-state index contributed by atoms with van der Waals surface area (Å²) in [4.78, 5) is 0. The Balaban J connectivity index is 3.03. The van der Waals surface area contributed by atoms with E-state index in [9.17, 15) is 0 Å². The first-order chi connectivity index (χ1) is 2.77. The summed E-state index contributed by atoms with van der Waals surface area (Å²) < 4.78 is 0. The van der Waals surface area contributed by atoms with E-state index < -0.39 is 5.60 Å². The molecule has 0 N–H and O–H groups in total. The molecule has 0 aliphatic carbocycles. The SMILES string of the molecule is CC=C[SiH](Cl)I. The lowest BCUT2D eigenvalue weighted by molar-refractivity contribution is 1.78. The van der Waals surface area contributed by atoms with Crippen molar-refractivity contribution in [3.63, 3.8) is 0 Å². The van der Waals surface area contributed by atoms with Gasteiger partial charge in [0.25, 0.3) is 0 Å². The van der Waals surface area contributed by atoms with Crippen molar-refractivity contribution in [2.75, 3.05) is 0 Å². The van der Waals surface area contributed by atoms with Crippen LogP contribution >= 0.6 is 32.9 Å². The van der Waals surface area contributed by atoms with E-state index >= 15 is 0 Å². The van der Waals surface area contributed by atoms with Gasteiger partial charge in [-0.25, -0.2) is 0 Å². The maximum atomic E-state index is 5.62. The highest BCUT2D eigenvalue weighted by molar-refractivity contribution is 14.1. The van der Waals surface area contributed by atoms with Gasteiger partial charge < -0.3 is 0 Å². The molecule has 0 aromatic carbocycles. The summed E-state index contributed by atoms with van der Waals surface area (Å²) in [6.07, 6.45) is 2.00. The first kappa shape index (κ1) is 6.98. The van der Waals surface area contributed by atoms with Crippen LogP contribution in [0.2, 0.25) is 0 Å². The predicted molar refractivity (Wildman–Crippen MR) is 41.8 cm³/mol. The van der Waals surface area contributed by atoms with Crippen LogP contribution in [-0.2, 0) is 0 Å². The third kappa shape index (κ3) is 4.98. The van der Waals surface area contributed by atoms with E-state index in [1.807, 2.05) is 13.0 Å². The van der Waals surface area contributed by atoms with Gasteiger partial charge in [-0.05, 0) is 6.92 Å². The van der Waals surface area contributed by atoms with E-state index in [0.29, 0.717) is 0 Å². The predicted octanol–water partition coefficient (Wildman–Crippen LogP) is 2.00. The molecule has 0 aliphatic heterocycles. The molecule has 1 unspecified atom stereocenters. The molecule has 0 fully saturated rings. The van der Waals surface area contributed by atoms with Gasteiger partial charge in [-0.15, -0.1) is 0 Å². The van der Waals surface area contributed by atoms with Crippen molar-refractivity contribution in [1.29, 1.82) is 0 Å². The first-order valence-corrected chi connectivity index (χ1v) is 8.27. The largest absolute Gasteiger partial charge is 0.229 e. The molecular formula is C3H6ClISi. The summed E-state index contributed by atoms with van der Waals surface area (Å²) in [6, 6.07) is 0. The third-order valence-electron chi connectivity index (χ3n) is 0.338. The minimum absolute atomic E-state index is 0.909. The summed E-state index contributed by atoms with van der Waals surface area (Å²) in [5.74, 6) is 0. The van der Waals surface area contributed by atoms with Gasteiger partial charge in [-0.3, -0.25) is 0 Å². The lowest BCUT2D eigenvalue weighted by Gasteiger charge is -1.78. The molecule has 0 aliphatic rings. The normalized spacial score (nSPS) is 15.8. The van der Waals surface area contributed by atoms with Crippen LogP contribution in [0.4, 0.5) is 0 Å². The fraction of sp³-hybridized carbons (Fsp3) is 0.333. The van der Waals surface area contributed by atoms with Gasteiger partial charge in [-0.1, -0.05) is 33.6 Å². The topological polar surface area (TPSA) is 0 Å². The molecule has 0 radical (unpaired) electrons. The zero-order chi connectivity index (χ0) is 4.99. The second kappa shape index (κ2) is 4.14. The van der Waals surface area contributed by atoms with Gasteiger partial charge in [0.15, 0.2) is 0 Å². The number of allylic oxidation sites excluding steroid dienone is 1. The average molecular weight is 233 g/mol. The maximum absolute atomic E-state index is 5.62. The van der Waals surface area contributed by atoms with Crippen LogP contribution in [0.1, 0.15) is 6.92 Å². The molecule has 0 heterocycles. The lowest BCUT2D eigenvalue weighted by Crippen LogP contribution is -1.79. The Morgan fingerprint density at radius 2 is 2.33 bits per heavy atom. The second-order valence-electron chi connectivity index (χ2n) is 0.860. The van der Waals surface area contributed by atoms with E-state index in [1.54, 1.807) is 0 Å². The van der Waals surface area contributed by atoms with E-state index in [2.05, 4.69) is 27.5 Å². The summed E-state index contributed by atoms with van der Waals surface area (Å²) in [6.45, 7) is 1.99. The zero-order valence-corrected chi connectivity index (χ0v) is 7.56. The highest BCUT2D eigenvalue weighted by Gasteiger charge is 1.87. The van der Waals surface area contributed by atoms with Crippen LogP contribution in [0.15, 0.2) is 11.8 Å². The molecule has 0 saturated carbocycles. The summed E-state index contributed by atoms with van der Waals surface area (Å²) in [5, 5.41) is 0. The van der Waals surface area contributed by atoms with Crippen molar-refractivity contribution < 1.29 is 0 Å². The quantitative estimate of drug-likeness (QED) is 0.369. The number of halogens is 2. The fourth-order valence-corrected chi connectivity index (χ4v) is 2.12. The standard InChI is InChI=1S/C3H6ClISi/c1-2-3-6(4)5/h2-3,6H,1H3. The lowest BCUT2D eigenvalue weighted by atomic mass is 10.8. The fourth-order valence-electron chi connectivity index (χ4n) is 0.145. The van der Waals surface area contributed by atoms with Crippen molar-refractivity contribution in [3.05, 3.63) is 11.8 Å². The van der Waals surface area contributed by atoms with Gasteiger partial charge in [0.05, 0.1) is 0 Å². The zero-order valence-electron chi connectivity index (χ0n) is 3.49. The molecule has 0 amide bonds. The van der Waals surface area contributed by atoms with Crippen molar-refractivity contribution in [2.24, 2.45) is 0 Å². The van der Waals surface area contributed by atoms with Crippen molar-refractivity contribution in [3.8, 4) is 0 Å². The average Bonchev–Trinajstić information content (AvgIpc) is 1.35. The van der Waals surface area contributed by atoms with Gasteiger partial charge in [0, 0.05) is 0 Å². The van der Waals surface area contributed by atoms with E-state index in [0.717, 1.165) is 0 Å².